The normalized spacial score (nSPS) is 28.1. The van der Waals surface area contributed by atoms with Gasteiger partial charge >= 0.3 is 0 Å². The number of guanidine groups is 1. The molecule has 23 heavy (non-hydrogen) atoms. The van der Waals surface area contributed by atoms with Gasteiger partial charge in [-0.3, -0.25) is 4.99 Å². The molecule has 0 amide bonds. The van der Waals surface area contributed by atoms with Gasteiger partial charge in [-0.05, 0) is 58.4 Å². The molecule has 0 saturated heterocycles. The van der Waals surface area contributed by atoms with Gasteiger partial charge in [0.1, 0.15) is 0 Å². The van der Waals surface area contributed by atoms with Crippen LogP contribution in [0.5, 0.6) is 0 Å². The first kappa shape index (κ1) is 18.9. The van der Waals surface area contributed by atoms with E-state index in [1.165, 1.54) is 51.4 Å². The lowest BCUT2D eigenvalue weighted by Crippen LogP contribution is -2.50. The Bertz CT molecular complexity index is 366. The summed E-state index contributed by atoms with van der Waals surface area (Å²) in [6.07, 6.45) is 13.1. The van der Waals surface area contributed by atoms with Crippen molar-refractivity contribution in [3.8, 4) is 0 Å². The summed E-state index contributed by atoms with van der Waals surface area (Å²) in [6.45, 7) is 0.996. The van der Waals surface area contributed by atoms with Gasteiger partial charge in [0, 0.05) is 30.9 Å². The van der Waals surface area contributed by atoms with E-state index in [1.807, 2.05) is 18.8 Å². The smallest absolute Gasteiger partial charge is 0.191 e. The van der Waals surface area contributed by atoms with Gasteiger partial charge in [-0.25, -0.2) is 0 Å². The lowest BCUT2D eigenvalue weighted by atomic mass is 9.83. The molecule has 134 valence electrons. The molecule has 2 aliphatic carbocycles. The molecule has 0 aromatic rings. The highest BCUT2D eigenvalue weighted by Gasteiger charge is 2.27. The highest BCUT2D eigenvalue weighted by molar-refractivity contribution is 7.99. The number of rotatable bonds is 6. The van der Waals surface area contributed by atoms with E-state index < -0.39 is 0 Å². The van der Waals surface area contributed by atoms with Gasteiger partial charge in [-0.1, -0.05) is 19.3 Å². The number of nitrogens with zero attached hydrogens (tertiary/aromatic N) is 2. The first-order chi connectivity index (χ1) is 11.1. The molecule has 4 nitrogen and oxygen atoms in total. The second-order valence-electron chi connectivity index (χ2n) is 7.39. The third kappa shape index (κ3) is 5.86. The maximum Gasteiger partial charge on any atom is 0.191 e. The van der Waals surface area contributed by atoms with Crippen LogP contribution in [0.1, 0.15) is 51.4 Å². The average Bonchev–Trinajstić information content (AvgIpc) is 3.02. The number of thioether (sulfide) groups is 1. The van der Waals surface area contributed by atoms with Crippen LogP contribution in [0, 0.1) is 5.92 Å². The number of hydrogen-bond acceptors (Lipinski definition) is 3. The molecular weight excluding hydrogens is 304 g/mol. The van der Waals surface area contributed by atoms with Gasteiger partial charge in [0.05, 0.1) is 0 Å². The highest BCUT2D eigenvalue weighted by atomic mass is 32.2. The fraction of sp³-hybridized carbons (Fsp3) is 0.944. The fourth-order valence-corrected chi connectivity index (χ4v) is 4.96. The topological polar surface area (TPSA) is 39.7 Å². The predicted molar refractivity (Wildman–Crippen MR) is 103 cm³/mol. The molecule has 2 saturated carbocycles. The van der Waals surface area contributed by atoms with E-state index >= 15 is 0 Å². The van der Waals surface area contributed by atoms with E-state index in [4.69, 9.17) is 0 Å². The summed E-state index contributed by atoms with van der Waals surface area (Å²) in [7, 11) is 6.33. The average molecular weight is 341 g/mol. The van der Waals surface area contributed by atoms with E-state index in [1.54, 1.807) is 0 Å². The Balaban J connectivity index is 1.80. The summed E-state index contributed by atoms with van der Waals surface area (Å²) in [4.78, 5) is 6.85. The summed E-state index contributed by atoms with van der Waals surface area (Å²) in [5.74, 6) is 1.82. The van der Waals surface area contributed by atoms with E-state index in [2.05, 4.69) is 40.9 Å². The summed E-state index contributed by atoms with van der Waals surface area (Å²) in [5, 5.41) is 8.05. The summed E-state index contributed by atoms with van der Waals surface area (Å²) in [6, 6.07) is 1.20. The van der Waals surface area contributed by atoms with Crippen LogP contribution in [0.25, 0.3) is 0 Å². The molecule has 0 radical (unpaired) electrons. The molecule has 2 rings (SSSR count). The van der Waals surface area contributed by atoms with Crippen LogP contribution < -0.4 is 10.6 Å². The molecule has 0 aromatic carbocycles. The van der Waals surface area contributed by atoms with Gasteiger partial charge in [0.2, 0.25) is 0 Å². The predicted octanol–water partition coefficient (Wildman–Crippen LogP) is 2.95. The van der Waals surface area contributed by atoms with E-state index in [-0.39, 0.29) is 0 Å². The minimum absolute atomic E-state index is 0.589. The Morgan fingerprint density at radius 2 is 1.91 bits per heavy atom. The molecule has 2 N–H and O–H groups in total. The van der Waals surface area contributed by atoms with Gasteiger partial charge in [0.25, 0.3) is 0 Å². The van der Waals surface area contributed by atoms with Crippen LogP contribution in [0.2, 0.25) is 0 Å². The maximum atomic E-state index is 4.45. The van der Waals surface area contributed by atoms with Crippen LogP contribution in [0.3, 0.4) is 0 Å². The Labute approximate surface area is 147 Å². The van der Waals surface area contributed by atoms with Crippen molar-refractivity contribution >= 4 is 17.7 Å². The van der Waals surface area contributed by atoms with Crippen molar-refractivity contribution in [2.24, 2.45) is 10.9 Å². The summed E-state index contributed by atoms with van der Waals surface area (Å²) < 4.78 is 0. The number of likely N-dealkylation sites (N-methyl/N-ethyl adjacent to an activating group) is 1. The molecule has 0 bridgehead atoms. The van der Waals surface area contributed by atoms with E-state index in [9.17, 15) is 0 Å². The second kappa shape index (κ2) is 9.77. The van der Waals surface area contributed by atoms with Crippen molar-refractivity contribution in [1.29, 1.82) is 0 Å². The monoisotopic (exact) mass is 340 g/mol. The minimum Gasteiger partial charge on any atom is -0.355 e. The van der Waals surface area contributed by atoms with Crippen LogP contribution in [-0.2, 0) is 0 Å². The second-order valence-corrected chi connectivity index (χ2v) is 8.53. The SMILES string of the molecule is CN=C(NCC(C1CCCCC1)N(C)C)NC1CCC(SC)C1. The van der Waals surface area contributed by atoms with Crippen molar-refractivity contribution < 1.29 is 0 Å². The molecule has 0 aromatic heterocycles. The van der Waals surface area contributed by atoms with Gasteiger partial charge in [0.15, 0.2) is 5.96 Å². The molecule has 2 fully saturated rings. The van der Waals surface area contributed by atoms with Crippen LogP contribution in [0.4, 0.5) is 0 Å². The molecule has 5 heteroatoms. The zero-order valence-electron chi connectivity index (χ0n) is 15.5. The summed E-state index contributed by atoms with van der Waals surface area (Å²) >= 11 is 2.00. The van der Waals surface area contributed by atoms with Gasteiger partial charge in [-0.15, -0.1) is 0 Å². The van der Waals surface area contributed by atoms with Crippen LogP contribution >= 0.6 is 11.8 Å². The van der Waals surface area contributed by atoms with Crippen LogP contribution in [0.15, 0.2) is 4.99 Å². The number of hydrogen-bond donors (Lipinski definition) is 2. The van der Waals surface area contributed by atoms with E-state index in [0.717, 1.165) is 23.7 Å². The van der Waals surface area contributed by atoms with Crippen molar-refractivity contribution in [3.63, 3.8) is 0 Å². The molecular formula is C18H36N4S. The largest absolute Gasteiger partial charge is 0.355 e. The third-order valence-corrected chi connectivity index (χ3v) is 6.71. The maximum absolute atomic E-state index is 4.45. The molecule has 2 aliphatic rings. The van der Waals surface area contributed by atoms with Gasteiger partial charge in [-0.2, -0.15) is 11.8 Å². The number of nitrogens with one attached hydrogen (secondary N) is 2. The fourth-order valence-electron chi connectivity index (χ4n) is 4.16. The molecule has 0 aliphatic heterocycles. The lowest BCUT2D eigenvalue weighted by Gasteiger charge is -2.35. The standard InChI is InChI=1S/C18H36N4S/c1-19-18(21-15-10-11-16(12-15)23-4)20-13-17(22(2)3)14-8-6-5-7-9-14/h14-17H,5-13H2,1-4H3,(H2,19,20,21). The van der Waals surface area contributed by atoms with Crippen LogP contribution in [-0.4, -0.2) is 62.1 Å². The minimum atomic E-state index is 0.589. The van der Waals surface area contributed by atoms with Gasteiger partial charge < -0.3 is 15.5 Å². The Morgan fingerprint density at radius 3 is 2.48 bits per heavy atom. The Hall–Kier alpha value is -0.420. The van der Waals surface area contributed by atoms with Crippen molar-refractivity contribution in [3.05, 3.63) is 0 Å². The number of aliphatic imine (C=N–C) groups is 1. The molecule has 0 spiro atoms. The molecule has 0 heterocycles. The van der Waals surface area contributed by atoms with Crippen molar-refractivity contribution in [2.45, 2.75) is 68.7 Å². The summed E-state index contributed by atoms with van der Waals surface area (Å²) in [5.41, 5.74) is 0. The Morgan fingerprint density at radius 1 is 1.17 bits per heavy atom. The van der Waals surface area contributed by atoms with Crippen molar-refractivity contribution in [1.82, 2.24) is 15.5 Å². The molecule has 3 atom stereocenters. The first-order valence-electron chi connectivity index (χ1n) is 9.30. The zero-order chi connectivity index (χ0) is 16.7. The first-order valence-corrected chi connectivity index (χ1v) is 10.6. The third-order valence-electron chi connectivity index (χ3n) is 5.62. The molecule has 3 unspecified atom stereocenters. The lowest BCUT2D eigenvalue weighted by molar-refractivity contribution is 0.171. The quantitative estimate of drug-likeness (QED) is 0.576. The zero-order valence-corrected chi connectivity index (χ0v) is 16.3. The Kier molecular flexibility index (Phi) is 8.04. The van der Waals surface area contributed by atoms with Crippen molar-refractivity contribution in [2.75, 3.05) is 33.9 Å². The highest BCUT2D eigenvalue weighted by Crippen LogP contribution is 2.29. The van der Waals surface area contributed by atoms with E-state index in [0.29, 0.717) is 12.1 Å².